The van der Waals surface area contributed by atoms with Gasteiger partial charge in [-0.05, 0) is 38.7 Å². The van der Waals surface area contributed by atoms with Crippen LogP contribution in [-0.2, 0) is 9.59 Å². The highest BCUT2D eigenvalue weighted by atomic mass is 16.7. The molecule has 0 spiro atoms. The van der Waals surface area contributed by atoms with Crippen LogP contribution in [0.4, 0.5) is 5.69 Å². The number of amides is 1. The van der Waals surface area contributed by atoms with Crippen LogP contribution in [0.5, 0.6) is 11.5 Å². The molecule has 8 nitrogen and oxygen atoms in total. The standard InChI is InChI=1S/C18H25N3O5/c1-20-5-2-6-21(8-7-20)11-13(18(23)24)9-17(22)19-14-3-4-15-16(10-14)26-12-25-15/h3-4,10,13H,2,5-9,11-12H2,1H3,(H,19,22)(H,23,24)/t13-/m0/s1. The van der Waals surface area contributed by atoms with E-state index in [-0.39, 0.29) is 19.1 Å². The molecule has 1 aromatic rings. The van der Waals surface area contributed by atoms with Crippen LogP contribution in [0.15, 0.2) is 18.2 Å². The minimum absolute atomic E-state index is 0.0594. The molecule has 0 saturated carbocycles. The molecule has 2 aliphatic rings. The largest absolute Gasteiger partial charge is 0.481 e. The third-order valence-electron chi connectivity index (χ3n) is 4.73. The minimum atomic E-state index is -0.941. The Morgan fingerprint density at radius 2 is 2.00 bits per heavy atom. The predicted molar refractivity (Wildman–Crippen MR) is 95.5 cm³/mol. The number of fused-ring (bicyclic) bond motifs is 1. The van der Waals surface area contributed by atoms with Crippen molar-refractivity contribution >= 4 is 17.6 Å². The number of nitrogens with zero attached hydrogens (tertiary/aromatic N) is 2. The normalized spacial score (nSPS) is 19.0. The van der Waals surface area contributed by atoms with Crippen molar-refractivity contribution in [3.8, 4) is 11.5 Å². The zero-order valence-electron chi connectivity index (χ0n) is 14.9. The number of rotatable bonds is 6. The molecule has 3 rings (SSSR count). The monoisotopic (exact) mass is 363 g/mol. The highest BCUT2D eigenvalue weighted by Crippen LogP contribution is 2.34. The lowest BCUT2D eigenvalue weighted by atomic mass is 10.0. The van der Waals surface area contributed by atoms with E-state index in [0.29, 0.717) is 23.7 Å². The number of hydrogen-bond acceptors (Lipinski definition) is 6. The summed E-state index contributed by atoms with van der Waals surface area (Å²) in [5.41, 5.74) is 0.569. The lowest BCUT2D eigenvalue weighted by molar-refractivity contribution is -0.144. The predicted octanol–water partition coefficient (Wildman–Crippen LogP) is 1.08. The summed E-state index contributed by atoms with van der Waals surface area (Å²) in [6.45, 7) is 4.16. The van der Waals surface area contributed by atoms with E-state index in [0.717, 1.165) is 32.6 Å². The number of ether oxygens (including phenoxy) is 2. The van der Waals surface area contributed by atoms with Crippen molar-refractivity contribution in [2.45, 2.75) is 12.8 Å². The van der Waals surface area contributed by atoms with Gasteiger partial charge in [-0.2, -0.15) is 0 Å². The first-order valence-corrected chi connectivity index (χ1v) is 8.84. The van der Waals surface area contributed by atoms with Gasteiger partial charge in [0.25, 0.3) is 0 Å². The van der Waals surface area contributed by atoms with Crippen molar-refractivity contribution in [3.05, 3.63) is 18.2 Å². The van der Waals surface area contributed by atoms with Crippen LogP contribution in [0, 0.1) is 5.92 Å². The number of likely N-dealkylation sites (N-methyl/N-ethyl adjacent to an activating group) is 1. The zero-order chi connectivity index (χ0) is 18.5. The molecule has 1 aromatic carbocycles. The number of anilines is 1. The van der Waals surface area contributed by atoms with E-state index in [1.807, 2.05) is 0 Å². The van der Waals surface area contributed by atoms with Gasteiger partial charge in [-0.1, -0.05) is 0 Å². The van der Waals surface area contributed by atoms with Crippen molar-refractivity contribution in [2.24, 2.45) is 5.92 Å². The van der Waals surface area contributed by atoms with Gasteiger partial charge in [-0.15, -0.1) is 0 Å². The highest BCUT2D eigenvalue weighted by Gasteiger charge is 2.25. The van der Waals surface area contributed by atoms with Crippen molar-refractivity contribution < 1.29 is 24.2 Å². The fourth-order valence-electron chi connectivity index (χ4n) is 3.23. The molecule has 1 amide bonds. The minimum Gasteiger partial charge on any atom is -0.481 e. The molecular weight excluding hydrogens is 338 g/mol. The van der Waals surface area contributed by atoms with Crippen LogP contribution in [0.1, 0.15) is 12.8 Å². The lowest BCUT2D eigenvalue weighted by Gasteiger charge is -2.23. The van der Waals surface area contributed by atoms with Crippen molar-refractivity contribution in [1.29, 1.82) is 0 Å². The number of carboxylic acid groups (broad SMARTS) is 1. The maximum atomic E-state index is 12.3. The second-order valence-corrected chi connectivity index (χ2v) is 6.81. The molecule has 2 aliphatic heterocycles. The second kappa shape index (κ2) is 8.37. The summed E-state index contributed by atoms with van der Waals surface area (Å²) in [6, 6.07) is 5.12. The average molecular weight is 363 g/mol. The Hall–Kier alpha value is -2.32. The van der Waals surface area contributed by atoms with E-state index >= 15 is 0 Å². The number of aliphatic carboxylic acids is 1. The van der Waals surface area contributed by atoms with Crippen LogP contribution in [0.25, 0.3) is 0 Å². The van der Waals surface area contributed by atoms with Gasteiger partial charge in [0, 0.05) is 37.8 Å². The van der Waals surface area contributed by atoms with Gasteiger partial charge in [0.1, 0.15) is 0 Å². The third kappa shape index (κ3) is 4.86. The van der Waals surface area contributed by atoms with Gasteiger partial charge < -0.3 is 29.7 Å². The Morgan fingerprint density at radius 3 is 2.81 bits per heavy atom. The molecular formula is C18H25N3O5. The molecule has 0 bridgehead atoms. The van der Waals surface area contributed by atoms with Crippen LogP contribution >= 0.6 is 0 Å². The number of hydrogen-bond donors (Lipinski definition) is 2. The quantitative estimate of drug-likeness (QED) is 0.781. The van der Waals surface area contributed by atoms with Crippen LogP contribution in [0.3, 0.4) is 0 Å². The van der Waals surface area contributed by atoms with Gasteiger partial charge in [-0.3, -0.25) is 9.59 Å². The van der Waals surface area contributed by atoms with E-state index in [4.69, 9.17) is 9.47 Å². The van der Waals surface area contributed by atoms with E-state index in [9.17, 15) is 14.7 Å². The third-order valence-corrected chi connectivity index (χ3v) is 4.73. The van der Waals surface area contributed by atoms with E-state index in [1.54, 1.807) is 18.2 Å². The summed E-state index contributed by atoms with van der Waals surface area (Å²) in [5.74, 6) is -0.775. The summed E-state index contributed by atoms with van der Waals surface area (Å²) in [4.78, 5) is 28.3. The molecule has 0 aromatic heterocycles. The molecule has 8 heteroatoms. The van der Waals surface area contributed by atoms with Gasteiger partial charge >= 0.3 is 5.97 Å². The maximum absolute atomic E-state index is 12.3. The summed E-state index contributed by atoms with van der Waals surface area (Å²) in [5, 5.41) is 12.3. The van der Waals surface area contributed by atoms with Crippen LogP contribution < -0.4 is 14.8 Å². The first kappa shape index (κ1) is 18.5. The molecule has 26 heavy (non-hydrogen) atoms. The molecule has 1 atom stereocenters. The Kier molecular flexibility index (Phi) is 5.95. The Balaban J connectivity index is 1.55. The first-order chi connectivity index (χ1) is 12.5. The van der Waals surface area contributed by atoms with E-state index in [2.05, 4.69) is 22.2 Å². The molecule has 0 aliphatic carbocycles. The number of carboxylic acids is 1. The molecule has 1 fully saturated rings. The van der Waals surface area contributed by atoms with Gasteiger partial charge in [0.2, 0.25) is 12.7 Å². The summed E-state index contributed by atoms with van der Waals surface area (Å²) < 4.78 is 10.5. The highest BCUT2D eigenvalue weighted by molar-refractivity contribution is 5.93. The molecule has 1 saturated heterocycles. The van der Waals surface area contributed by atoms with Crippen molar-refractivity contribution in [3.63, 3.8) is 0 Å². The summed E-state index contributed by atoms with van der Waals surface area (Å²) in [7, 11) is 2.07. The summed E-state index contributed by atoms with van der Waals surface area (Å²) in [6.07, 6.45) is 0.947. The Labute approximate surface area is 152 Å². The maximum Gasteiger partial charge on any atom is 0.308 e. The Morgan fingerprint density at radius 1 is 1.19 bits per heavy atom. The van der Waals surface area contributed by atoms with Gasteiger partial charge in [-0.25, -0.2) is 0 Å². The van der Waals surface area contributed by atoms with Gasteiger partial charge in [0.15, 0.2) is 11.5 Å². The molecule has 142 valence electrons. The Bertz CT molecular complexity index is 666. The molecule has 0 unspecified atom stereocenters. The first-order valence-electron chi connectivity index (χ1n) is 8.84. The fraction of sp³-hybridized carbons (Fsp3) is 0.556. The number of nitrogens with one attached hydrogen (secondary N) is 1. The van der Waals surface area contributed by atoms with E-state index < -0.39 is 11.9 Å². The molecule has 2 N–H and O–H groups in total. The van der Waals surface area contributed by atoms with Crippen LogP contribution in [0.2, 0.25) is 0 Å². The second-order valence-electron chi connectivity index (χ2n) is 6.81. The smallest absolute Gasteiger partial charge is 0.308 e. The fourth-order valence-corrected chi connectivity index (χ4v) is 3.23. The summed E-state index contributed by atoms with van der Waals surface area (Å²) >= 11 is 0. The SMILES string of the molecule is CN1CCCN(C[C@H](CC(=O)Nc2ccc3c(c2)OCO3)C(=O)O)CC1. The lowest BCUT2D eigenvalue weighted by Crippen LogP contribution is -2.37. The zero-order valence-corrected chi connectivity index (χ0v) is 14.9. The molecule has 2 heterocycles. The van der Waals surface area contributed by atoms with E-state index in [1.165, 1.54) is 0 Å². The van der Waals surface area contributed by atoms with Crippen molar-refractivity contribution in [2.75, 3.05) is 51.9 Å². The van der Waals surface area contributed by atoms with Crippen LogP contribution in [-0.4, -0.2) is 73.3 Å². The number of carbonyl (C=O) groups excluding carboxylic acids is 1. The average Bonchev–Trinajstić information content (AvgIpc) is 2.96. The number of benzene rings is 1. The number of carbonyl (C=O) groups is 2. The topological polar surface area (TPSA) is 91.3 Å². The van der Waals surface area contributed by atoms with Gasteiger partial charge in [0.05, 0.1) is 5.92 Å². The van der Waals surface area contributed by atoms with Crippen molar-refractivity contribution in [1.82, 2.24) is 9.80 Å². The molecule has 0 radical (unpaired) electrons.